The van der Waals surface area contributed by atoms with Gasteiger partial charge in [-0.25, -0.2) is 13.4 Å². The summed E-state index contributed by atoms with van der Waals surface area (Å²) in [6.45, 7) is 3.59. The van der Waals surface area contributed by atoms with Gasteiger partial charge in [-0.1, -0.05) is 42.5 Å². The largest absolute Gasteiger partial charge is 0.343 e. The van der Waals surface area contributed by atoms with Crippen molar-refractivity contribution in [3.8, 4) is 0 Å². The molecule has 3 aromatic rings. The van der Waals surface area contributed by atoms with Gasteiger partial charge in [-0.3, -0.25) is 14.3 Å². The number of imidazole rings is 1. The number of nitrogens with two attached hydrogens (primary N) is 1. The second kappa shape index (κ2) is 12.0. The first-order chi connectivity index (χ1) is 17.4. The highest BCUT2D eigenvalue weighted by atomic mass is 32.2. The lowest BCUT2D eigenvalue weighted by Crippen LogP contribution is -2.54. The van der Waals surface area contributed by atoms with Gasteiger partial charge in [0, 0.05) is 18.4 Å². The van der Waals surface area contributed by atoms with Crippen LogP contribution in [0.2, 0.25) is 0 Å². The zero-order valence-corrected chi connectivity index (χ0v) is 22.1. The molecule has 1 heterocycles. The van der Waals surface area contributed by atoms with Crippen molar-refractivity contribution in [3.63, 3.8) is 0 Å². The molecule has 37 heavy (non-hydrogen) atoms. The zero-order chi connectivity index (χ0) is 27.1. The van der Waals surface area contributed by atoms with E-state index >= 15 is 0 Å². The van der Waals surface area contributed by atoms with Crippen molar-refractivity contribution in [1.82, 2.24) is 14.9 Å². The SMILES string of the molecule is CC(C)(N)C(=O)NC(CCCc1ccccc1)C(=O)Nc1cn(Cc2cccc(NS(C)(=O)=O)c2)cn1. The van der Waals surface area contributed by atoms with Gasteiger partial charge in [0.05, 0.1) is 18.1 Å². The van der Waals surface area contributed by atoms with Crippen molar-refractivity contribution in [3.05, 3.63) is 78.2 Å². The van der Waals surface area contributed by atoms with Gasteiger partial charge in [0.25, 0.3) is 0 Å². The minimum absolute atomic E-state index is 0.338. The molecule has 1 aromatic heterocycles. The molecule has 0 fully saturated rings. The number of amides is 2. The maximum atomic E-state index is 13.1. The molecule has 11 heteroatoms. The number of aromatic nitrogens is 2. The molecule has 0 aliphatic carbocycles. The predicted molar refractivity (Wildman–Crippen MR) is 144 cm³/mol. The number of rotatable bonds is 12. The maximum Gasteiger partial charge on any atom is 0.248 e. The molecule has 5 N–H and O–H groups in total. The highest BCUT2D eigenvalue weighted by Crippen LogP contribution is 2.15. The third kappa shape index (κ3) is 9.36. The van der Waals surface area contributed by atoms with Crippen LogP contribution in [0.15, 0.2) is 67.1 Å². The molecule has 0 saturated carbocycles. The highest BCUT2D eigenvalue weighted by molar-refractivity contribution is 7.92. The van der Waals surface area contributed by atoms with Crippen molar-refractivity contribution in [1.29, 1.82) is 0 Å². The van der Waals surface area contributed by atoms with E-state index in [2.05, 4.69) is 20.3 Å². The molecule has 10 nitrogen and oxygen atoms in total. The Balaban J connectivity index is 1.64. The molecule has 2 amide bonds. The van der Waals surface area contributed by atoms with Gasteiger partial charge in [-0.05, 0) is 56.4 Å². The van der Waals surface area contributed by atoms with Gasteiger partial charge >= 0.3 is 0 Å². The van der Waals surface area contributed by atoms with Crippen LogP contribution in [0.4, 0.5) is 11.5 Å². The van der Waals surface area contributed by atoms with Gasteiger partial charge in [0.2, 0.25) is 21.8 Å². The normalized spacial score (nSPS) is 12.5. The first kappa shape index (κ1) is 27.9. The van der Waals surface area contributed by atoms with Crippen LogP contribution in [-0.2, 0) is 32.6 Å². The van der Waals surface area contributed by atoms with E-state index in [-0.39, 0.29) is 5.91 Å². The fourth-order valence-electron chi connectivity index (χ4n) is 3.65. The number of carbonyl (C=O) groups excluding carboxylic acids is 2. The van der Waals surface area contributed by atoms with E-state index in [0.29, 0.717) is 30.9 Å². The Morgan fingerprint density at radius 3 is 2.46 bits per heavy atom. The second-order valence-electron chi connectivity index (χ2n) is 9.62. The lowest BCUT2D eigenvalue weighted by atomic mass is 10.0. The Labute approximate surface area is 217 Å². The summed E-state index contributed by atoms with van der Waals surface area (Å²) in [6.07, 6.45) is 6.23. The molecule has 0 aliphatic heterocycles. The molecule has 0 radical (unpaired) electrons. The minimum Gasteiger partial charge on any atom is -0.343 e. The van der Waals surface area contributed by atoms with Crippen molar-refractivity contribution in [2.24, 2.45) is 5.73 Å². The molecule has 0 bridgehead atoms. The lowest BCUT2D eigenvalue weighted by Gasteiger charge is -2.23. The summed E-state index contributed by atoms with van der Waals surface area (Å²) >= 11 is 0. The average molecular weight is 527 g/mol. The Morgan fingerprint density at radius 1 is 1.08 bits per heavy atom. The summed E-state index contributed by atoms with van der Waals surface area (Å²) in [6, 6.07) is 16.2. The monoisotopic (exact) mass is 526 g/mol. The predicted octanol–water partition coefficient (Wildman–Crippen LogP) is 2.49. The van der Waals surface area contributed by atoms with Crippen LogP contribution in [0.5, 0.6) is 0 Å². The molecule has 1 unspecified atom stereocenters. The first-order valence-electron chi connectivity index (χ1n) is 11.9. The van der Waals surface area contributed by atoms with Crippen LogP contribution in [0, 0.1) is 0 Å². The van der Waals surface area contributed by atoms with Crippen LogP contribution in [0.1, 0.15) is 37.8 Å². The summed E-state index contributed by atoms with van der Waals surface area (Å²) in [5, 5.41) is 5.55. The van der Waals surface area contributed by atoms with E-state index in [1.54, 1.807) is 49.1 Å². The Hall–Kier alpha value is -3.70. The van der Waals surface area contributed by atoms with E-state index < -0.39 is 27.5 Å². The number of aryl methyl sites for hydroxylation is 1. The number of sulfonamides is 1. The molecule has 1 atom stereocenters. The van der Waals surface area contributed by atoms with Gasteiger partial charge in [-0.15, -0.1) is 0 Å². The topological polar surface area (TPSA) is 148 Å². The van der Waals surface area contributed by atoms with Crippen molar-refractivity contribution in [2.45, 2.75) is 51.2 Å². The van der Waals surface area contributed by atoms with E-state index in [4.69, 9.17) is 5.73 Å². The molecule has 0 spiro atoms. The average Bonchev–Trinajstić information content (AvgIpc) is 3.24. The zero-order valence-electron chi connectivity index (χ0n) is 21.3. The molecule has 2 aromatic carbocycles. The van der Waals surface area contributed by atoms with Crippen molar-refractivity contribution < 1.29 is 18.0 Å². The number of hydrogen-bond donors (Lipinski definition) is 4. The van der Waals surface area contributed by atoms with Crippen LogP contribution in [-0.4, -0.2) is 47.6 Å². The van der Waals surface area contributed by atoms with E-state index in [1.165, 1.54) is 0 Å². The molecular weight excluding hydrogens is 492 g/mol. The van der Waals surface area contributed by atoms with E-state index in [9.17, 15) is 18.0 Å². The number of carbonyl (C=O) groups is 2. The summed E-state index contributed by atoms with van der Waals surface area (Å²) in [5.74, 6) is -0.458. The van der Waals surface area contributed by atoms with Crippen LogP contribution in [0.3, 0.4) is 0 Å². The lowest BCUT2D eigenvalue weighted by molar-refractivity contribution is -0.129. The molecule has 0 saturated heterocycles. The first-order valence-corrected chi connectivity index (χ1v) is 13.8. The van der Waals surface area contributed by atoms with E-state index in [1.807, 2.05) is 36.4 Å². The van der Waals surface area contributed by atoms with Gasteiger partial charge in [0.1, 0.15) is 6.04 Å². The quantitative estimate of drug-likeness (QED) is 0.285. The second-order valence-corrected chi connectivity index (χ2v) is 11.4. The standard InChI is InChI=1S/C26H34N6O4S/c1-26(2,27)25(34)29-22(14-8-11-19-9-5-4-6-10-19)24(33)30-23-17-32(18-28-23)16-20-12-7-13-21(15-20)31-37(3,35)36/h4-7,9-10,12-13,15,17-18,22,31H,8,11,14,16,27H2,1-3H3,(H,29,34)(H,30,33). The summed E-state index contributed by atoms with van der Waals surface area (Å²) in [7, 11) is -3.38. The number of nitrogens with one attached hydrogen (secondary N) is 3. The highest BCUT2D eigenvalue weighted by Gasteiger charge is 2.28. The maximum absolute atomic E-state index is 13.1. The number of benzene rings is 2. The smallest absolute Gasteiger partial charge is 0.248 e. The van der Waals surface area contributed by atoms with Gasteiger partial charge < -0.3 is 20.9 Å². The summed E-state index contributed by atoms with van der Waals surface area (Å²) in [5.41, 5.74) is 7.26. The molecule has 3 rings (SSSR count). The minimum atomic E-state index is -3.38. The summed E-state index contributed by atoms with van der Waals surface area (Å²) in [4.78, 5) is 29.8. The van der Waals surface area contributed by atoms with Crippen LogP contribution in [0.25, 0.3) is 0 Å². The Bertz CT molecular complexity index is 1320. The number of anilines is 2. The van der Waals surface area contributed by atoms with Crippen molar-refractivity contribution >= 4 is 33.3 Å². The molecular formula is C26H34N6O4S. The van der Waals surface area contributed by atoms with Crippen molar-refractivity contribution in [2.75, 3.05) is 16.3 Å². The molecule has 198 valence electrons. The Kier molecular flexibility index (Phi) is 9.06. The number of nitrogens with zero attached hydrogens (tertiary/aromatic N) is 2. The Morgan fingerprint density at radius 2 is 1.78 bits per heavy atom. The van der Waals surface area contributed by atoms with Gasteiger partial charge in [0.15, 0.2) is 5.82 Å². The van der Waals surface area contributed by atoms with Crippen LogP contribution < -0.4 is 21.1 Å². The van der Waals surface area contributed by atoms with Gasteiger partial charge in [-0.2, -0.15) is 0 Å². The van der Waals surface area contributed by atoms with E-state index in [0.717, 1.165) is 23.8 Å². The third-order valence-corrected chi connectivity index (χ3v) is 6.09. The van der Waals surface area contributed by atoms with Crippen LogP contribution >= 0.6 is 0 Å². The molecule has 0 aliphatic rings. The fourth-order valence-corrected chi connectivity index (χ4v) is 4.21. The fraction of sp³-hybridized carbons (Fsp3) is 0.346. The summed E-state index contributed by atoms with van der Waals surface area (Å²) < 4.78 is 27.2. The third-order valence-electron chi connectivity index (χ3n) is 5.49. The number of hydrogen-bond acceptors (Lipinski definition) is 6.